The van der Waals surface area contributed by atoms with E-state index < -0.39 is 10.0 Å². The molecule has 0 bridgehead atoms. The summed E-state index contributed by atoms with van der Waals surface area (Å²) in [6, 6.07) is 22.5. The second-order valence-corrected chi connectivity index (χ2v) is 9.05. The maximum absolute atomic E-state index is 13.1. The summed E-state index contributed by atoms with van der Waals surface area (Å²) >= 11 is 0. The number of benzene rings is 3. The third-order valence-electron chi connectivity index (χ3n) is 4.84. The van der Waals surface area contributed by atoms with Crippen molar-refractivity contribution in [1.29, 1.82) is 0 Å². The Hall–Kier alpha value is -3.32. The quantitative estimate of drug-likeness (QED) is 0.529. The Morgan fingerprint density at radius 3 is 2.32 bits per heavy atom. The van der Waals surface area contributed by atoms with Crippen molar-refractivity contribution in [3.8, 4) is 5.75 Å². The van der Waals surface area contributed by atoms with Crippen molar-refractivity contribution < 1.29 is 17.9 Å². The highest BCUT2D eigenvalue weighted by Crippen LogP contribution is 2.23. The normalized spacial score (nSPS) is 11.1. The van der Waals surface area contributed by atoms with Crippen molar-refractivity contribution in [3.05, 3.63) is 90.0 Å². The van der Waals surface area contributed by atoms with Gasteiger partial charge in [0.2, 0.25) is 0 Å². The number of amides is 1. The molecule has 6 nitrogen and oxygen atoms in total. The molecule has 3 aromatic rings. The first-order chi connectivity index (χ1) is 14.8. The molecule has 0 unspecified atom stereocenters. The van der Waals surface area contributed by atoms with Crippen LogP contribution in [0.3, 0.4) is 0 Å². The van der Waals surface area contributed by atoms with Crippen LogP contribution in [0.2, 0.25) is 0 Å². The smallest absolute Gasteiger partial charge is 0.264 e. The van der Waals surface area contributed by atoms with E-state index in [9.17, 15) is 13.2 Å². The molecule has 0 saturated carbocycles. The molecule has 0 aliphatic heterocycles. The molecule has 0 saturated heterocycles. The largest absolute Gasteiger partial charge is 0.494 e. The van der Waals surface area contributed by atoms with E-state index in [1.165, 1.54) is 23.5 Å². The van der Waals surface area contributed by atoms with E-state index in [2.05, 4.69) is 0 Å². The summed E-state index contributed by atoms with van der Waals surface area (Å²) in [5.41, 5.74) is 1.78. The Morgan fingerprint density at radius 1 is 0.903 bits per heavy atom. The molecule has 0 aliphatic rings. The lowest BCUT2D eigenvalue weighted by Gasteiger charge is -2.21. The lowest BCUT2D eigenvalue weighted by Crippen LogP contribution is -2.28. The summed E-state index contributed by atoms with van der Waals surface area (Å²) in [5, 5.41) is 0. The van der Waals surface area contributed by atoms with Crippen molar-refractivity contribution in [2.75, 3.05) is 25.0 Å². The van der Waals surface area contributed by atoms with Crippen molar-refractivity contribution >= 4 is 21.6 Å². The van der Waals surface area contributed by atoms with Gasteiger partial charge in [0.15, 0.2) is 0 Å². The number of hydrogen-bond acceptors (Lipinski definition) is 4. The average Bonchev–Trinajstić information content (AvgIpc) is 2.79. The molecule has 1 amide bonds. The fourth-order valence-electron chi connectivity index (χ4n) is 3.19. The predicted molar refractivity (Wildman–Crippen MR) is 122 cm³/mol. The number of nitrogens with zero attached hydrogens (tertiary/aromatic N) is 2. The highest BCUT2D eigenvalue weighted by molar-refractivity contribution is 7.92. The van der Waals surface area contributed by atoms with Crippen LogP contribution in [-0.4, -0.2) is 39.9 Å². The Morgan fingerprint density at radius 2 is 1.61 bits per heavy atom. The van der Waals surface area contributed by atoms with E-state index in [-0.39, 0.29) is 10.8 Å². The van der Waals surface area contributed by atoms with E-state index in [4.69, 9.17) is 4.74 Å². The summed E-state index contributed by atoms with van der Waals surface area (Å²) in [6.07, 6.45) is 0. The maximum atomic E-state index is 13.1. The van der Waals surface area contributed by atoms with Gasteiger partial charge in [0.05, 0.1) is 17.2 Å². The summed E-state index contributed by atoms with van der Waals surface area (Å²) in [5.74, 6) is 0.485. The van der Waals surface area contributed by atoms with Crippen LogP contribution >= 0.6 is 0 Å². The Balaban J connectivity index is 1.80. The fourth-order valence-corrected chi connectivity index (χ4v) is 4.43. The van der Waals surface area contributed by atoms with Gasteiger partial charge in [-0.25, -0.2) is 8.42 Å². The van der Waals surface area contributed by atoms with Gasteiger partial charge >= 0.3 is 0 Å². The fraction of sp³-hybridized carbons (Fsp3) is 0.208. The summed E-state index contributed by atoms with van der Waals surface area (Å²) in [7, 11) is -0.614. The monoisotopic (exact) mass is 438 g/mol. The number of carbonyl (C=O) groups excluding carboxylic acids is 1. The van der Waals surface area contributed by atoms with E-state index in [0.29, 0.717) is 24.4 Å². The first kappa shape index (κ1) is 22.4. The van der Waals surface area contributed by atoms with Crippen LogP contribution in [0, 0.1) is 0 Å². The minimum Gasteiger partial charge on any atom is -0.494 e. The molecule has 0 atom stereocenters. The summed E-state index contributed by atoms with van der Waals surface area (Å²) in [4.78, 5) is 14.6. The zero-order chi connectivity index (χ0) is 22.4. The molecular formula is C24H26N2O4S. The minimum atomic E-state index is -3.80. The lowest BCUT2D eigenvalue weighted by molar-refractivity contribution is 0.0784. The second kappa shape index (κ2) is 9.66. The summed E-state index contributed by atoms with van der Waals surface area (Å²) in [6.45, 7) is 2.86. The molecule has 0 spiro atoms. The maximum Gasteiger partial charge on any atom is 0.264 e. The molecule has 3 aromatic carbocycles. The molecular weight excluding hydrogens is 412 g/mol. The summed E-state index contributed by atoms with van der Waals surface area (Å²) < 4.78 is 32.8. The molecule has 0 aromatic heterocycles. The first-order valence-electron chi connectivity index (χ1n) is 9.94. The van der Waals surface area contributed by atoms with Gasteiger partial charge in [-0.15, -0.1) is 0 Å². The van der Waals surface area contributed by atoms with Crippen LogP contribution in [-0.2, 0) is 16.6 Å². The van der Waals surface area contributed by atoms with E-state index in [0.717, 1.165) is 11.3 Å². The highest BCUT2D eigenvalue weighted by Gasteiger charge is 2.23. The van der Waals surface area contributed by atoms with Gasteiger partial charge in [-0.2, -0.15) is 0 Å². The third kappa shape index (κ3) is 5.24. The zero-order valence-electron chi connectivity index (χ0n) is 17.9. The molecule has 0 radical (unpaired) electrons. The van der Waals surface area contributed by atoms with Gasteiger partial charge in [-0.05, 0) is 55.0 Å². The van der Waals surface area contributed by atoms with Crippen molar-refractivity contribution in [1.82, 2.24) is 4.90 Å². The van der Waals surface area contributed by atoms with E-state index in [1.54, 1.807) is 48.3 Å². The van der Waals surface area contributed by atoms with Crippen molar-refractivity contribution in [2.45, 2.75) is 18.4 Å². The van der Waals surface area contributed by atoms with Gasteiger partial charge in [0, 0.05) is 26.2 Å². The molecule has 0 aliphatic carbocycles. The van der Waals surface area contributed by atoms with Gasteiger partial charge < -0.3 is 9.64 Å². The van der Waals surface area contributed by atoms with E-state index in [1.807, 2.05) is 37.3 Å². The minimum absolute atomic E-state index is 0.0662. The molecule has 162 valence electrons. The number of anilines is 1. The van der Waals surface area contributed by atoms with Crippen LogP contribution in [0.1, 0.15) is 22.8 Å². The number of rotatable bonds is 8. The Bertz CT molecular complexity index is 1150. The number of ether oxygens (including phenoxy) is 1. The van der Waals surface area contributed by atoms with Crippen LogP contribution in [0.15, 0.2) is 83.8 Å². The molecule has 31 heavy (non-hydrogen) atoms. The van der Waals surface area contributed by atoms with Crippen molar-refractivity contribution in [3.63, 3.8) is 0 Å². The van der Waals surface area contributed by atoms with Gasteiger partial charge in [0.1, 0.15) is 5.75 Å². The topological polar surface area (TPSA) is 66.9 Å². The molecule has 0 N–H and O–H groups in total. The lowest BCUT2D eigenvalue weighted by atomic mass is 10.1. The number of para-hydroxylation sites is 1. The molecule has 0 heterocycles. The van der Waals surface area contributed by atoms with Crippen LogP contribution in [0.25, 0.3) is 0 Å². The van der Waals surface area contributed by atoms with Crippen LogP contribution in [0.4, 0.5) is 5.69 Å². The predicted octanol–water partition coefficient (Wildman–Crippen LogP) is 4.18. The van der Waals surface area contributed by atoms with Crippen molar-refractivity contribution in [2.24, 2.45) is 0 Å². The average molecular weight is 439 g/mol. The van der Waals surface area contributed by atoms with E-state index >= 15 is 0 Å². The van der Waals surface area contributed by atoms with Crippen LogP contribution in [0.5, 0.6) is 5.75 Å². The van der Waals surface area contributed by atoms with Gasteiger partial charge in [0.25, 0.3) is 15.9 Å². The first-order valence-corrected chi connectivity index (χ1v) is 11.4. The Kier molecular flexibility index (Phi) is 6.97. The number of sulfonamides is 1. The van der Waals surface area contributed by atoms with Gasteiger partial charge in [-0.3, -0.25) is 9.10 Å². The Labute approximate surface area is 183 Å². The molecule has 0 fully saturated rings. The second-order valence-electron chi connectivity index (χ2n) is 7.08. The number of hydrogen-bond donors (Lipinski definition) is 0. The zero-order valence-corrected chi connectivity index (χ0v) is 18.7. The molecule has 3 rings (SSSR count). The van der Waals surface area contributed by atoms with Gasteiger partial charge in [-0.1, -0.05) is 36.4 Å². The highest BCUT2D eigenvalue weighted by atomic mass is 32.2. The SMILES string of the molecule is CCOc1cccc(CN(C)C(=O)c2cccc(S(=O)(=O)N(C)c3ccccc3)c2)c1. The number of carbonyl (C=O) groups is 1. The van der Waals surface area contributed by atoms with Crippen LogP contribution < -0.4 is 9.04 Å². The molecule has 7 heteroatoms. The third-order valence-corrected chi connectivity index (χ3v) is 6.62. The standard InChI is InChI=1S/C24H26N2O4S/c1-4-30-22-14-8-10-19(16-22)18-25(2)24(27)20-11-9-15-23(17-20)31(28,29)26(3)21-12-6-5-7-13-21/h5-17H,4,18H2,1-3H3.